The molecule has 0 aliphatic carbocycles. The summed E-state index contributed by atoms with van der Waals surface area (Å²) in [7, 11) is 1.96. The van der Waals surface area contributed by atoms with E-state index in [-0.39, 0.29) is 11.8 Å². The van der Waals surface area contributed by atoms with Crippen LogP contribution in [0.1, 0.15) is 12.1 Å². The molecule has 0 aromatic carbocycles. The highest BCUT2D eigenvalue weighted by atomic mass is 16.3. The molecule has 3 heterocycles. The number of carbonyl (C=O) groups excluding carboxylic acids is 1. The topological polar surface area (TPSA) is 82.8 Å². The number of hydrogen-bond donors (Lipinski definition) is 2. The molecule has 0 unspecified atom stereocenters. The highest BCUT2D eigenvalue weighted by Gasteiger charge is 2.31. The molecule has 7 heteroatoms. The van der Waals surface area contributed by atoms with E-state index in [0.717, 1.165) is 17.9 Å². The Kier molecular flexibility index (Phi) is 3.85. The van der Waals surface area contributed by atoms with Gasteiger partial charge < -0.3 is 15.3 Å². The molecule has 2 N–H and O–H groups in total. The number of aliphatic hydroxyl groups excluding tert-OH is 1. The summed E-state index contributed by atoms with van der Waals surface area (Å²) in [6, 6.07) is 0. The monoisotopic (exact) mass is 289 g/mol. The lowest BCUT2D eigenvalue weighted by molar-refractivity contribution is -0.131. The van der Waals surface area contributed by atoms with Gasteiger partial charge >= 0.3 is 0 Å². The van der Waals surface area contributed by atoms with Crippen molar-refractivity contribution in [2.45, 2.75) is 19.1 Å². The average molecular weight is 289 g/mol. The first kappa shape index (κ1) is 14.0. The summed E-state index contributed by atoms with van der Waals surface area (Å²) in [5, 5.41) is 12.9. The van der Waals surface area contributed by atoms with Gasteiger partial charge in [-0.3, -0.25) is 14.2 Å². The molecule has 0 radical (unpaired) electrons. The zero-order valence-electron chi connectivity index (χ0n) is 11.9. The highest BCUT2D eigenvalue weighted by molar-refractivity contribution is 5.79. The largest absolute Gasteiger partial charge is 0.392 e. The molecule has 21 heavy (non-hydrogen) atoms. The third-order valence-electron chi connectivity index (χ3n) is 3.95. The molecular formula is C14H19N5O2. The SMILES string of the molecule is CN1CC[C@@H](O)[C@H](C(=O)NCc2cnc3cnccn23)C1. The third-order valence-corrected chi connectivity index (χ3v) is 3.95. The van der Waals surface area contributed by atoms with E-state index in [1.54, 1.807) is 18.6 Å². The minimum atomic E-state index is -0.562. The van der Waals surface area contributed by atoms with Crippen molar-refractivity contribution in [2.75, 3.05) is 20.1 Å². The molecule has 0 saturated carbocycles. The molecule has 1 saturated heterocycles. The zero-order chi connectivity index (χ0) is 14.8. The summed E-state index contributed by atoms with van der Waals surface area (Å²) >= 11 is 0. The number of imidazole rings is 1. The summed E-state index contributed by atoms with van der Waals surface area (Å²) in [4.78, 5) is 22.5. The number of aliphatic hydroxyl groups is 1. The number of rotatable bonds is 3. The minimum Gasteiger partial charge on any atom is -0.392 e. The maximum absolute atomic E-state index is 12.2. The number of nitrogens with zero attached hydrogens (tertiary/aromatic N) is 4. The Bertz CT molecular complexity index is 641. The van der Waals surface area contributed by atoms with Crippen LogP contribution >= 0.6 is 0 Å². The van der Waals surface area contributed by atoms with E-state index in [0.29, 0.717) is 19.5 Å². The number of nitrogens with one attached hydrogen (secondary N) is 1. The first-order valence-electron chi connectivity index (χ1n) is 7.05. The lowest BCUT2D eigenvalue weighted by atomic mass is 9.94. The predicted octanol–water partition coefficient (Wildman–Crippen LogP) is -0.342. The van der Waals surface area contributed by atoms with Crippen LogP contribution in [0.4, 0.5) is 0 Å². The van der Waals surface area contributed by atoms with E-state index in [1.807, 2.05) is 17.6 Å². The van der Waals surface area contributed by atoms with E-state index in [1.165, 1.54) is 0 Å². The molecule has 1 aliphatic rings. The van der Waals surface area contributed by atoms with Crippen LogP contribution in [-0.2, 0) is 11.3 Å². The quantitative estimate of drug-likeness (QED) is 0.807. The standard InChI is InChI=1S/C14H19N5O2/c1-18-4-2-12(20)11(9-18)14(21)17-7-10-6-16-13-8-15-3-5-19(10)13/h3,5-6,8,11-12,20H,2,4,7,9H2,1H3,(H,17,21)/t11-,12-/m1/s1. The Balaban J connectivity index is 1.65. The molecule has 2 aromatic heterocycles. The van der Waals surface area contributed by atoms with E-state index in [9.17, 15) is 9.90 Å². The van der Waals surface area contributed by atoms with Gasteiger partial charge in [-0.25, -0.2) is 4.98 Å². The number of piperidine rings is 1. The van der Waals surface area contributed by atoms with Crippen LogP contribution in [0.2, 0.25) is 0 Å². The molecule has 2 aromatic rings. The van der Waals surface area contributed by atoms with Crippen LogP contribution in [-0.4, -0.2) is 56.5 Å². The van der Waals surface area contributed by atoms with Crippen molar-refractivity contribution in [3.05, 3.63) is 30.5 Å². The normalized spacial score (nSPS) is 23.3. The molecule has 112 valence electrons. The number of aromatic nitrogens is 3. The summed E-state index contributed by atoms with van der Waals surface area (Å²) in [6.45, 7) is 1.80. The molecule has 1 amide bonds. The summed E-state index contributed by atoms with van der Waals surface area (Å²) < 4.78 is 1.89. The first-order valence-corrected chi connectivity index (χ1v) is 7.05. The van der Waals surface area contributed by atoms with Gasteiger partial charge in [-0.2, -0.15) is 0 Å². The molecule has 2 atom stereocenters. The van der Waals surface area contributed by atoms with Gasteiger partial charge in [0.05, 0.1) is 36.7 Å². The highest BCUT2D eigenvalue weighted by Crippen LogP contribution is 2.16. The van der Waals surface area contributed by atoms with Crippen LogP contribution in [0.15, 0.2) is 24.8 Å². The van der Waals surface area contributed by atoms with E-state index in [2.05, 4.69) is 20.2 Å². The van der Waals surface area contributed by atoms with Crippen molar-refractivity contribution in [2.24, 2.45) is 5.92 Å². The smallest absolute Gasteiger partial charge is 0.227 e. The van der Waals surface area contributed by atoms with E-state index < -0.39 is 6.10 Å². The minimum absolute atomic E-state index is 0.113. The average Bonchev–Trinajstić information content (AvgIpc) is 2.90. The maximum Gasteiger partial charge on any atom is 0.227 e. The van der Waals surface area contributed by atoms with Crippen LogP contribution in [0.5, 0.6) is 0 Å². The van der Waals surface area contributed by atoms with Gasteiger partial charge in [0.2, 0.25) is 5.91 Å². The fourth-order valence-corrected chi connectivity index (χ4v) is 2.69. The summed E-state index contributed by atoms with van der Waals surface area (Å²) in [6.07, 6.45) is 6.96. The fourth-order valence-electron chi connectivity index (χ4n) is 2.69. The van der Waals surface area contributed by atoms with Gasteiger partial charge in [-0.05, 0) is 13.5 Å². The number of hydrogen-bond acceptors (Lipinski definition) is 5. The second-order valence-electron chi connectivity index (χ2n) is 5.50. The van der Waals surface area contributed by atoms with Crippen molar-refractivity contribution < 1.29 is 9.90 Å². The van der Waals surface area contributed by atoms with Gasteiger partial charge in [0.1, 0.15) is 0 Å². The van der Waals surface area contributed by atoms with Crippen LogP contribution in [0.3, 0.4) is 0 Å². The van der Waals surface area contributed by atoms with Crippen LogP contribution < -0.4 is 5.32 Å². The fraction of sp³-hybridized carbons (Fsp3) is 0.500. The second-order valence-corrected chi connectivity index (χ2v) is 5.50. The predicted molar refractivity (Wildman–Crippen MR) is 76.4 cm³/mol. The van der Waals surface area contributed by atoms with Crippen molar-refractivity contribution in [3.63, 3.8) is 0 Å². The Morgan fingerprint density at radius 2 is 2.38 bits per heavy atom. The van der Waals surface area contributed by atoms with Crippen LogP contribution in [0, 0.1) is 5.92 Å². The Hall–Kier alpha value is -1.99. The lowest BCUT2D eigenvalue weighted by Gasteiger charge is -2.32. The van der Waals surface area contributed by atoms with Gasteiger partial charge in [-0.15, -0.1) is 0 Å². The summed E-state index contributed by atoms with van der Waals surface area (Å²) in [5.41, 5.74) is 1.64. The number of fused-ring (bicyclic) bond motifs is 1. The van der Waals surface area contributed by atoms with Crippen LogP contribution in [0.25, 0.3) is 5.65 Å². The molecule has 3 rings (SSSR count). The molecular weight excluding hydrogens is 270 g/mol. The Labute approximate surface area is 122 Å². The second kappa shape index (κ2) is 5.79. The number of likely N-dealkylation sites (tertiary alicyclic amines) is 1. The summed E-state index contributed by atoms with van der Waals surface area (Å²) in [5.74, 6) is -0.484. The third kappa shape index (κ3) is 2.88. The van der Waals surface area contributed by atoms with Gasteiger partial charge in [0.15, 0.2) is 5.65 Å². The lowest BCUT2D eigenvalue weighted by Crippen LogP contribution is -2.48. The van der Waals surface area contributed by atoms with Gasteiger partial charge in [0, 0.05) is 25.5 Å². The Morgan fingerprint density at radius 1 is 1.52 bits per heavy atom. The maximum atomic E-state index is 12.2. The zero-order valence-corrected chi connectivity index (χ0v) is 11.9. The molecule has 1 fully saturated rings. The Morgan fingerprint density at radius 3 is 3.24 bits per heavy atom. The molecule has 1 aliphatic heterocycles. The van der Waals surface area contributed by atoms with Gasteiger partial charge in [0.25, 0.3) is 0 Å². The van der Waals surface area contributed by atoms with Crippen molar-refractivity contribution in [3.8, 4) is 0 Å². The van der Waals surface area contributed by atoms with Crippen molar-refractivity contribution >= 4 is 11.6 Å². The molecule has 7 nitrogen and oxygen atoms in total. The number of amides is 1. The first-order chi connectivity index (χ1) is 10.1. The van der Waals surface area contributed by atoms with Crippen molar-refractivity contribution in [1.82, 2.24) is 24.6 Å². The van der Waals surface area contributed by atoms with Crippen molar-refractivity contribution in [1.29, 1.82) is 0 Å². The molecule has 0 spiro atoms. The van der Waals surface area contributed by atoms with Gasteiger partial charge in [-0.1, -0.05) is 0 Å². The van der Waals surface area contributed by atoms with E-state index in [4.69, 9.17) is 0 Å². The molecule has 0 bridgehead atoms. The van der Waals surface area contributed by atoms with E-state index >= 15 is 0 Å². The number of carbonyl (C=O) groups is 1.